The number of rotatable bonds is 17. The van der Waals surface area contributed by atoms with E-state index in [9.17, 15) is 9.90 Å². The van der Waals surface area contributed by atoms with E-state index in [4.69, 9.17) is 28.1 Å². The first-order valence-electron chi connectivity index (χ1n) is 18.3. The van der Waals surface area contributed by atoms with Crippen LogP contribution in [0.3, 0.4) is 0 Å². The van der Waals surface area contributed by atoms with E-state index in [0.29, 0.717) is 33.9 Å². The highest BCUT2D eigenvalue weighted by molar-refractivity contribution is 6.77. The Morgan fingerprint density at radius 3 is 1.83 bits per heavy atom. The summed E-state index contributed by atoms with van der Waals surface area (Å²) in [7, 11) is 2.64. The number of methoxy groups -OCH3 is 2. The minimum atomic E-state index is -2.31. The summed E-state index contributed by atoms with van der Waals surface area (Å²) in [4.78, 5) is 17.5. The molecule has 1 fully saturated rings. The number of aromatic nitrogens is 2. The number of benzene rings is 3. The van der Waals surface area contributed by atoms with Gasteiger partial charge in [-0.15, -0.1) is 0 Å². The lowest BCUT2D eigenvalue weighted by molar-refractivity contribution is -0.116. The number of aliphatic hydroxyl groups excluding tert-OH is 1. The van der Waals surface area contributed by atoms with Crippen molar-refractivity contribution in [1.29, 1.82) is 0 Å². The van der Waals surface area contributed by atoms with Gasteiger partial charge in [0.2, 0.25) is 8.32 Å². The zero-order valence-corrected chi connectivity index (χ0v) is 33.3. The van der Waals surface area contributed by atoms with Crippen LogP contribution in [0.4, 0.5) is 5.82 Å². The van der Waals surface area contributed by atoms with Crippen LogP contribution in [-0.4, -0.2) is 76.0 Å². The topological polar surface area (TPSA) is 123 Å². The Labute approximate surface area is 314 Å². The third-order valence-electron chi connectivity index (χ3n) is 10.6. The van der Waals surface area contributed by atoms with E-state index in [0.717, 1.165) is 16.7 Å². The van der Waals surface area contributed by atoms with Crippen LogP contribution in [0, 0.1) is 0 Å². The second kappa shape index (κ2) is 17.4. The zero-order valence-electron chi connectivity index (χ0n) is 32.3. The van der Waals surface area contributed by atoms with Gasteiger partial charge in [0.05, 0.1) is 20.8 Å². The van der Waals surface area contributed by atoms with Gasteiger partial charge < -0.3 is 38.5 Å². The Bertz CT molecular complexity index is 1730. The van der Waals surface area contributed by atoms with Crippen molar-refractivity contribution in [3.63, 3.8) is 0 Å². The summed E-state index contributed by atoms with van der Waals surface area (Å²) in [5, 5.41) is 14.9. The molecule has 11 nitrogen and oxygen atoms in total. The number of hydrogen-bond donors (Lipinski definition) is 2. The van der Waals surface area contributed by atoms with E-state index >= 15 is 0 Å². The predicted molar refractivity (Wildman–Crippen MR) is 208 cm³/mol. The third-order valence-corrected chi connectivity index (χ3v) is 16.6. The number of nitrogens with one attached hydrogen (secondary N) is 1. The maximum atomic E-state index is 13.3. The molecule has 0 aliphatic carbocycles. The van der Waals surface area contributed by atoms with E-state index < -0.39 is 44.1 Å². The third kappa shape index (κ3) is 8.08. The highest BCUT2D eigenvalue weighted by Gasteiger charge is 2.50. The molecule has 1 saturated heterocycles. The Morgan fingerprint density at radius 2 is 1.36 bits per heavy atom. The molecule has 1 aliphatic rings. The van der Waals surface area contributed by atoms with Crippen molar-refractivity contribution in [2.75, 3.05) is 40.0 Å². The Hall–Kier alpha value is -4.04. The quantitative estimate of drug-likeness (QED) is 0.0658. The van der Waals surface area contributed by atoms with Gasteiger partial charge in [0.25, 0.3) is 0 Å². The van der Waals surface area contributed by atoms with Gasteiger partial charge in [0.1, 0.15) is 48.0 Å². The van der Waals surface area contributed by atoms with Gasteiger partial charge in [-0.2, -0.15) is 4.98 Å². The molecule has 1 aromatic heterocycles. The Balaban J connectivity index is 1.53. The second-order valence-electron chi connectivity index (χ2n) is 14.3. The van der Waals surface area contributed by atoms with Gasteiger partial charge in [0.15, 0.2) is 6.23 Å². The molecule has 53 heavy (non-hydrogen) atoms. The van der Waals surface area contributed by atoms with Gasteiger partial charge in [-0.25, -0.2) is 4.79 Å². The summed E-state index contributed by atoms with van der Waals surface area (Å²) in [6.07, 6.45) is -2.46. The van der Waals surface area contributed by atoms with Crippen molar-refractivity contribution >= 4 is 14.1 Å². The minimum Gasteiger partial charge on any atom is -0.497 e. The molecular weight excluding hydrogens is 691 g/mol. The van der Waals surface area contributed by atoms with Crippen LogP contribution in [0.25, 0.3) is 0 Å². The second-order valence-corrected chi connectivity index (χ2v) is 19.8. The molecule has 12 heteroatoms. The van der Waals surface area contributed by atoms with Crippen LogP contribution in [-0.2, 0) is 24.2 Å². The monoisotopic (exact) mass is 745 g/mol. The minimum absolute atomic E-state index is 0.0572. The number of aliphatic hydroxyl groups is 1. The first-order chi connectivity index (χ1) is 25.4. The van der Waals surface area contributed by atoms with Crippen LogP contribution in [0.2, 0.25) is 16.6 Å². The lowest BCUT2D eigenvalue weighted by atomic mass is 9.80. The molecule has 0 bridgehead atoms. The smallest absolute Gasteiger partial charge is 0.351 e. The molecule has 2 heterocycles. The average Bonchev–Trinajstić information content (AvgIpc) is 3.47. The molecule has 3 aromatic carbocycles. The number of nitrogens with zero attached hydrogens (tertiary/aromatic N) is 2. The van der Waals surface area contributed by atoms with Crippen LogP contribution >= 0.6 is 0 Å². The fourth-order valence-electron chi connectivity index (χ4n) is 8.00. The molecule has 0 amide bonds. The summed E-state index contributed by atoms with van der Waals surface area (Å²) < 4.78 is 39.1. The summed E-state index contributed by atoms with van der Waals surface area (Å²) in [5.41, 5.74) is 1.82. The highest BCUT2D eigenvalue weighted by atomic mass is 28.4. The molecule has 5 rings (SSSR count). The number of hydrogen-bond acceptors (Lipinski definition) is 10. The molecule has 1 aliphatic heterocycles. The Kier molecular flexibility index (Phi) is 13.2. The number of anilines is 1. The van der Waals surface area contributed by atoms with Crippen molar-refractivity contribution in [1.82, 2.24) is 9.55 Å². The van der Waals surface area contributed by atoms with E-state index in [1.165, 1.54) is 4.57 Å². The van der Waals surface area contributed by atoms with E-state index in [1.54, 1.807) is 33.5 Å². The summed E-state index contributed by atoms with van der Waals surface area (Å²) >= 11 is 0. The molecule has 0 radical (unpaired) electrons. The van der Waals surface area contributed by atoms with Gasteiger partial charge in [-0.3, -0.25) is 4.57 Å². The van der Waals surface area contributed by atoms with E-state index in [1.807, 2.05) is 78.9 Å². The van der Waals surface area contributed by atoms with Crippen molar-refractivity contribution in [2.24, 2.45) is 0 Å². The zero-order chi connectivity index (χ0) is 38.3. The molecule has 4 aromatic rings. The molecule has 0 unspecified atom stereocenters. The van der Waals surface area contributed by atoms with Crippen molar-refractivity contribution in [2.45, 2.75) is 88.3 Å². The molecule has 2 N–H and O–H groups in total. The SMILES string of the molecule is CNc1ccn([C@@H]2O[C@H](COC(c3ccccc3)(c3ccc(OC)cc3)c3ccc(OC)cc3)[C@@H](O)[C@H]2OCO[Si](C(C)C)(C(C)C)C(C)C)c(=O)n1. The summed E-state index contributed by atoms with van der Waals surface area (Å²) in [5.74, 6) is 1.82. The van der Waals surface area contributed by atoms with Crippen LogP contribution < -0.4 is 20.5 Å². The van der Waals surface area contributed by atoms with Crippen molar-refractivity contribution in [3.05, 3.63) is 118 Å². The van der Waals surface area contributed by atoms with Crippen LogP contribution in [0.1, 0.15) is 64.5 Å². The molecular formula is C41H55N3O8Si. The molecule has 0 spiro atoms. The normalized spacial score (nSPS) is 19.3. The maximum absolute atomic E-state index is 13.3. The first kappa shape index (κ1) is 40.1. The largest absolute Gasteiger partial charge is 0.497 e. The maximum Gasteiger partial charge on any atom is 0.351 e. The fourth-order valence-corrected chi connectivity index (χ4v) is 13.3. The molecule has 4 atom stereocenters. The standard InChI is InChI=1S/C41H55N3O8Si/c1-27(2)53(28(3)4,29(5)6)51-26-49-38-37(45)35(52-39(38)44-24-23-36(42-7)43-40(44)46)25-50-41(30-13-11-10-12-14-30,31-15-19-33(47-8)20-16-31)32-17-21-34(48-9)22-18-32/h10-24,27-29,35,37-39,45H,25-26H2,1-9H3,(H,42,43,46)/t35-,37-,38-,39-/m1/s1. The van der Waals surface area contributed by atoms with Gasteiger partial charge in [-0.05, 0) is 63.6 Å². The average molecular weight is 746 g/mol. The molecule has 0 saturated carbocycles. The van der Waals surface area contributed by atoms with E-state index in [2.05, 4.69) is 51.8 Å². The van der Waals surface area contributed by atoms with Gasteiger partial charge >= 0.3 is 5.69 Å². The summed E-state index contributed by atoms with van der Waals surface area (Å²) in [6.45, 7) is 13.1. The van der Waals surface area contributed by atoms with Crippen molar-refractivity contribution < 1.29 is 33.2 Å². The lowest BCUT2D eigenvalue weighted by Gasteiger charge is -2.42. The summed E-state index contributed by atoms with van der Waals surface area (Å²) in [6, 6.07) is 27.0. The predicted octanol–water partition coefficient (Wildman–Crippen LogP) is 7.10. The number of ether oxygens (including phenoxy) is 5. The van der Waals surface area contributed by atoms with Crippen molar-refractivity contribution in [3.8, 4) is 11.5 Å². The van der Waals surface area contributed by atoms with Crippen LogP contribution in [0.15, 0.2) is 95.9 Å². The first-order valence-corrected chi connectivity index (χ1v) is 20.4. The van der Waals surface area contributed by atoms with Crippen LogP contribution in [0.5, 0.6) is 11.5 Å². The van der Waals surface area contributed by atoms with Gasteiger partial charge in [0, 0.05) is 13.2 Å². The fraction of sp³-hybridized carbons (Fsp3) is 0.463. The van der Waals surface area contributed by atoms with E-state index in [-0.39, 0.29) is 13.4 Å². The molecule has 286 valence electrons. The van der Waals surface area contributed by atoms with Gasteiger partial charge in [-0.1, -0.05) is 96.1 Å². The highest BCUT2D eigenvalue weighted by Crippen LogP contribution is 2.44. The Morgan fingerprint density at radius 1 is 0.830 bits per heavy atom. The lowest BCUT2D eigenvalue weighted by Crippen LogP contribution is -2.49.